The van der Waals surface area contributed by atoms with Gasteiger partial charge in [-0.05, 0) is 50.4 Å². The third-order valence-electron chi connectivity index (χ3n) is 4.57. The van der Waals surface area contributed by atoms with E-state index in [4.69, 9.17) is 0 Å². The van der Waals surface area contributed by atoms with Crippen molar-refractivity contribution in [3.63, 3.8) is 0 Å². The van der Waals surface area contributed by atoms with Crippen LogP contribution in [0.3, 0.4) is 0 Å². The van der Waals surface area contributed by atoms with Gasteiger partial charge in [0, 0.05) is 20.1 Å². The number of benzene rings is 4. The zero-order valence-electron chi connectivity index (χ0n) is 19.5. The SMILES string of the molecule is CP(c1ccccc1)c1ccccc1.CP(c1ccccc1)c1ccccc1.F[P-](F)(F)(F)(F)F.[Ir]. The topological polar surface area (TPSA) is 0 Å². The van der Waals surface area contributed by atoms with Crippen molar-refractivity contribution in [2.75, 3.05) is 13.3 Å². The second-order valence-corrected chi connectivity index (χ2v) is 13.6. The minimum atomic E-state index is -10.7. The predicted molar refractivity (Wildman–Crippen MR) is 144 cm³/mol. The molecule has 0 nitrogen and oxygen atoms in total. The molecule has 0 saturated heterocycles. The predicted octanol–water partition coefficient (Wildman–Crippen LogP) is 8.88. The van der Waals surface area contributed by atoms with Gasteiger partial charge in [0.15, 0.2) is 0 Å². The maximum atomic E-state index is 9.87. The van der Waals surface area contributed by atoms with E-state index < -0.39 is 7.81 Å². The van der Waals surface area contributed by atoms with E-state index in [0.29, 0.717) is 0 Å². The molecule has 4 aromatic rings. The van der Waals surface area contributed by atoms with Crippen molar-refractivity contribution in [2.24, 2.45) is 0 Å². The van der Waals surface area contributed by atoms with Crippen LogP contribution in [0.1, 0.15) is 0 Å². The van der Waals surface area contributed by atoms with Crippen molar-refractivity contribution in [1.82, 2.24) is 0 Å². The Bertz CT molecular complexity index is 975. The zero-order valence-corrected chi connectivity index (χ0v) is 24.6. The van der Waals surface area contributed by atoms with E-state index in [2.05, 4.69) is 135 Å². The Hall–Kier alpha value is -1.60. The quantitative estimate of drug-likeness (QED) is 0.145. The summed E-state index contributed by atoms with van der Waals surface area (Å²) in [5.41, 5.74) is 0. The first-order valence-electron chi connectivity index (χ1n) is 10.4. The van der Waals surface area contributed by atoms with E-state index in [1.54, 1.807) is 0 Å². The Balaban J connectivity index is 0.000000283. The molecule has 0 amide bonds. The van der Waals surface area contributed by atoms with E-state index in [1.165, 1.54) is 21.2 Å². The molecule has 4 rings (SSSR count). The fraction of sp³-hybridized carbons (Fsp3) is 0.0769. The van der Waals surface area contributed by atoms with Gasteiger partial charge in [-0.15, -0.1) is 0 Å². The van der Waals surface area contributed by atoms with E-state index in [9.17, 15) is 25.2 Å². The fourth-order valence-corrected chi connectivity index (χ4v) is 5.98. The van der Waals surface area contributed by atoms with Crippen LogP contribution >= 0.6 is 23.7 Å². The van der Waals surface area contributed by atoms with Crippen LogP contribution in [0.5, 0.6) is 0 Å². The molecule has 197 valence electrons. The molecule has 0 saturated carbocycles. The van der Waals surface area contributed by atoms with Gasteiger partial charge in [-0.1, -0.05) is 121 Å². The Labute approximate surface area is 224 Å². The zero-order chi connectivity index (χ0) is 26.0. The van der Waals surface area contributed by atoms with Crippen molar-refractivity contribution < 1.29 is 45.3 Å². The molecule has 0 aliphatic carbocycles. The monoisotopic (exact) mass is 738 g/mol. The van der Waals surface area contributed by atoms with Crippen LogP contribution in [0.15, 0.2) is 121 Å². The van der Waals surface area contributed by atoms with Crippen LogP contribution in [0, 0.1) is 0 Å². The second kappa shape index (κ2) is 13.3. The molecule has 36 heavy (non-hydrogen) atoms. The summed E-state index contributed by atoms with van der Waals surface area (Å²) in [7, 11) is -11.0. The van der Waals surface area contributed by atoms with Crippen LogP contribution in [0.25, 0.3) is 0 Å². The van der Waals surface area contributed by atoms with Gasteiger partial charge in [0.05, 0.1) is 0 Å². The normalized spacial score (nSPS) is 12.6. The first kappa shape index (κ1) is 32.4. The molecule has 0 spiro atoms. The van der Waals surface area contributed by atoms with Gasteiger partial charge in [-0.25, -0.2) is 0 Å². The Morgan fingerprint density at radius 1 is 0.389 bits per heavy atom. The Kier molecular flexibility index (Phi) is 12.0. The van der Waals surface area contributed by atoms with Crippen LogP contribution in [-0.4, -0.2) is 13.3 Å². The smallest absolute Gasteiger partial charge is 0 e. The van der Waals surface area contributed by atoms with E-state index in [-0.39, 0.29) is 35.9 Å². The summed E-state index contributed by atoms with van der Waals surface area (Å²) in [5, 5.41) is 5.75. The first-order chi connectivity index (χ1) is 16.2. The average molecular weight is 738 g/mol. The van der Waals surface area contributed by atoms with Gasteiger partial charge >= 0.3 is 33.0 Å². The third kappa shape index (κ3) is 14.8. The summed E-state index contributed by atoms with van der Waals surface area (Å²) in [6.45, 7) is 4.61. The molecule has 0 heterocycles. The minimum Gasteiger partial charge on any atom is 0 e. The first-order valence-corrected chi connectivity index (χ1v) is 16.1. The van der Waals surface area contributed by atoms with Crippen molar-refractivity contribution in [3.05, 3.63) is 121 Å². The van der Waals surface area contributed by atoms with Crippen molar-refractivity contribution in [1.29, 1.82) is 0 Å². The van der Waals surface area contributed by atoms with Gasteiger partial charge in [-0.2, -0.15) is 0 Å². The summed E-state index contributed by atoms with van der Waals surface area (Å²) in [5.74, 6) is 0. The molecule has 0 aromatic heterocycles. The maximum Gasteiger partial charge on any atom is 0 e. The Morgan fingerprint density at radius 3 is 0.667 bits per heavy atom. The van der Waals surface area contributed by atoms with Crippen molar-refractivity contribution in [3.8, 4) is 0 Å². The van der Waals surface area contributed by atoms with Gasteiger partial charge in [0.25, 0.3) is 0 Å². The summed E-state index contributed by atoms with van der Waals surface area (Å²) in [6.07, 6.45) is 0. The molecule has 0 unspecified atom stereocenters. The largest absolute Gasteiger partial charge is 0 e. The number of hydrogen-bond acceptors (Lipinski definition) is 0. The van der Waals surface area contributed by atoms with E-state index in [0.717, 1.165) is 0 Å². The van der Waals surface area contributed by atoms with Gasteiger partial charge in [-0.3, -0.25) is 0 Å². The third-order valence-corrected chi connectivity index (χ3v) is 8.86. The molecule has 10 heteroatoms. The molecular weight excluding hydrogens is 711 g/mol. The molecule has 4 aromatic carbocycles. The molecular formula is C26H26F6IrP3-. The molecule has 0 bridgehead atoms. The van der Waals surface area contributed by atoms with Gasteiger partial charge in [0.1, 0.15) is 0 Å². The van der Waals surface area contributed by atoms with Crippen LogP contribution < -0.4 is 21.2 Å². The molecule has 0 aliphatic rings. The summed E-state index contributed by atoms with van der Waals surface area (Å²) in [4.78, 5) is 0. The molecule has 0 fully saturated rings. The summed E-state index contributed by atoms with van der Waals surface area (Å²) in [6, 6.07) is 42.8. The number of halogens is 6. The maximum absolute atomic E-state index is 10.7. The van der Waals surface area contributed by atoms with E-state index >= 15 is 0 Å². The van der Waals surface area contributed by atoms with Gasteiger partial charge in [0.2, 0.25) is 0 Å². The number of rotatable bonds is 4. The van der Waals surface area contributed by atoms with Crippen molar-refractivity contribution in [2.45, 2.75) is 0 Å². The molecule has 0 N–H and O–H groups in total. The average Bonchev–Trinajstić information content (AvgIpc) is 2.84. The van der Waals surface area contributed by atoms with Crippen LogP contribution in [0.2, 0.25) is 0 Å². The van der Waals surface area contributed by atoms with Gasteiger partial charge < -0.3 is 0 Å². The summed E-state index contributed by atoms with van der Waals surface area (Å²) < 4.78 is 59.2. The molecule has 0 aliphatic heterocycles. The second-order valence-electron chi connectivity index (χ2n) is 7.42. The fourth-order valence-electron chi connectivity index (χ4n) is 2.90. The van der Waals surface area contributed by atoms with Crippen LogP contribution in [-0.2, 0) is 20.1 Å². The van der Waals surface area contributed by atoms with E-state index in [1.807, 2.05) is 0 Å². The molecule has 0 atom stereocenters. The molecule has 1 radical (unpaired) electrons. The van der Waals surface area contributed by atoms with Crippen molar-refractivity contribution >= 4 is 44.9 Å². The standard InChI is InChI=1S/2C13H13P.F6P.Ir/c2*1-14(12-8-4-2-5-9-12)13-10-6-3-7-11-13;1-7(2,3,4,5)6;/h2*2-11H,1H3;;/q;;-1;. The van der Waals surface area contributed by atoms with Crippen LogP contribution in [0.4, 0.5) is 25.2 Å². The number of hydrogen-bond donors (Lipinski definition) is 0. The minimum absolute atomic E-state index is 0. The Morgan fingerprint density at radius 2 is 0.528 bits per heavy atom. The summed E-state index contributed by atoms with van der Waals surface area (Å²) >= 11 is 0.